The van der Waals surface area contributed by atoms with Gasteiger partial charge in [0.25, 0.3) is 0 Å². The zero-order valence-corrected chi connectivity index (χ0v) is 9.81. The molecule has 2 heterocycles. The van der Waals surface area contributed by atoms with Crippen molar-refractivity contribution in [3.05, 3.63) is 22.4 Å². The molecule has 16 heavy (non-hydrogen) atoms. The SMILES string of the molecule is O=C(O)C1CCC(c2cncc(Br)c2O)=N1. The van der Waals surface area contributed by atoms with Gasteiger partial charge in [-0.25, -0.2) is 4.79 Å². The molecule has 2 N–H and O–H groups in total. The van der Waals surface area contributed by atoms with Crippen LogP contribution in [0, 0.1) is 0 Å². The smallest absolute Gasteiger partial charge is 0.328 e. The van der Waals surface area contributed by atoms with Crippen LogP contribution in [-0.4, -0.2) is 32.9 Å². The fraction of sp³-hybridized carbons (Fsp3) is 0.300. The first kappa shape index (κ1) is 11.1. The third-order valence-electron chi connectivity index (χ3n) is 2.44. The Morgan fingerprint density at radius 2 is 2.25 bits per heavy atom. The normalized spacial score (nSPS) is 19.6. The molecule has 0 radical (unpaired) electrons. The molecule has 0 aromatic carbocycles. The van der Waals surface area contributed by atoms with Crippen molar-refractivity contribution in [3.63, 3.8) is 0 Å². The maximum atomic E-state index is 10.7. The lowest BCUT2D eigenvalue weighted by Gasteiger charge is -2.04. The second kappa shape index (κ2) is 4.21. The van der Waals surface area contributed by atoms with E-state index in [4.69, 9.17) is 5.11 Å². The lowest BCUT2D eigenvalue weighted by molar-refractivity contribution is -0.138. The summed E-state index contributed by atoms with van der Waals surface area (Å²) in [5, 5.41) is 18.6. The molecule has 5 nitrogen and oxygen atoms in total. The number of halogens is 1. The van der Waals surface area contributed by atoms with Crippen LogP contribution < -0.4 is 0 Å². The molecule has 0 fully saturated rings. The van der Waals surface area contributed by atoms with Gasteiger partial charge in [0.1, 0.15) is 11.8 Å². The Morgan fingerprint density at radius 1 is 1.50 bits per heavy atom. The van der Waals surface area contributed by atoms with Crippen LogP contribution in [0.2, 0.25) is 0 Å². The van der Waals surface area contributed by atoms with E-state index in [2.05, 4.69) is 25.9 Å². The van der Waals surface area contributed by atoms with Crippen molar-refractivity contribution >= 4 is 27.6 Å². The quantitative estimate of drug-likeness (QED) is 0.864. The molecule has 1 aromatic heterocycles. The molecule has 0 bridgehead atoms. The molecule has 0 amide bonds. The Labute approximate surface area is 100.0 Å². The van der Waals surface area contributed by atoms with Gasteiger partial charge in [-0.05, 0) is 28.8 Å². The first-order chi connectivity index (χ1) is 7.59. The van der Waals surface area contributed by atoms with Gasteiger partial charge in [0.05, 0.1) is 10.0 Å². The number of pyridine rings is 1. The van der Waals surface area contributed by atoms with Gasteiger partial charge in [-0.2, -0.15) is 0 Å². The van der Waals surface area contributed by atoms with Gasteiger partial charge in [-0.3, -0.25) is 9.98 Å². The summed E-state index contributed by atoms with van der Waals surface area (Å²) in [4.78, 5) is 18.7. The number of carbonyl (C=O) groups is 1. The van der Waals surface area contributed by atoms with Crippen LogP contribution in [0.15, 0.2) is 21.9 Å². The molecule has 6 heteroatoms. The molecule has 1 aliphatic heterocycles. The second-order valence-electron chi connectivity index (χ2n) is 3.49. The van der Waals surface area contributed by atoms with Crippen molar-refractivity contribution < 1.29 is 15.0 Å². The minimum absolute atomic E-state index is 0.0554. The minimum atomic E-state index is -0.933. The maximum Gasteiger partial charge on any atom is 0.328 e. The standard InChI is InChI=1S/C10H9BrN2O3/c11-6-4-12-3-5(9(6)14)7-1-2-8(13-7)10(15)16/h3-4,8H,1-2H2,(H,12,14)(H,15,16). The fourth-order valence-corrected chi connectivity index (χ4v) is 1.94. The molecule has 0 saturated heterocycles. The summed E-state index contributed by atoms with van der Waals surface area (Å²) in [6.45, 7) is 0. The number of hydrogen-bond donors (Lipinski definition) is 2. The largest absolute Gasteiger partial charge is 0.506 e. The lowest BCUT2D eigenvalue weighted by Crippen LogP contribution is -2.13. The van der Waals surface area contributed by atoms with Crippen molar-refractivity contribution in [2.75, 3.05) is 0 Å². The molecular formula is C10H9BrN2O3. The van der Waals surface area contributed by atoms with E-state index in [0.29, 0.717) is 28.6 Å². The minimum Gasteiger partial charge on any atom is -0.506 e. The summed E-state index contributed by atoms with van der Waals surface area (Å²) >= 11 is 3.15. The van der Waals surface area contributed by atoms with E-state index in [0.717, 1.165) is 0 Å². The van der Waals surface area contributed by atoms with Gasteiger partial charge in [0, 0.05) is 18.1 Å². The molecule has 1 aromatic rings. The summed E-state index contributed by atoms with van der Waals surface area (Å²) in [5.41, 5.74) is 1.09. The van der Waals surface area contributed by atoms with Gasteiger partial charge in [-0.15, -0.1) is 0 Å². The first-order valence-corrected chi connectivity index (χ1v) is 5.51. The van der Waals surface area contributed by atoms with Gasteiger partial charge < -0.3 is 10.2 Å². The summed E-state index contributed by atoms with van der Waals surface area (Å²) < 4.78 is 0.478. The van der Waals surface area contributed by atoms with Crippen LogP contribution in [0.4, 0.5) is 0 Å². The molecule has 0 saturated carbocycles. The van der Waals surface area contributed by atoms with Crippen LogP contribution in [0.5, 0.6) is 5.75 Å². The number of aromatic nitrogens is 1. The Balaban J connectivity index is 2.36. The zero-order valence-electron chi connectivity index (χ0n) is 8.22. The number of aromatic hydroxyl groups is 1. The van der Waals surface area contributed by atoms with Gasteiger partial charge in [0.2, 0.25) is 0 Å². The number of nitrogens with zero attached hydrogens (tertiary/aromatic N) is 2. The Kier molecular flexibility index (Phi) is 2.91. The van der Waals surface area contributed by atoms with Crippen LogP contribution in [0.1, 0.15) is 18.4 Å². The summed E-state index contributed by atoms with van der Waals surface area (Å²) in [5.74, 6) is -0.878. The molecule has 1 unspecified atom stereocenters. The highest BCUT2D eigenvalue weighted by Crippen LogP contribution is 2.30. The topological polar surface area (TPSA) is 82.8 Å². The number of aliphatic carboxylic acids is 1. The number of carboxylic acid groups (broad SMARTS) is 1. The molecule has 0 aliphatic carbocycles. The average molecular weight is 285 g/mol. The predicted octanol–water partition coefficient (Wildman–Crippen LogP) is 1.59. The second-order valence-corrected chi connectivity index (χ2v) is 4.34. The van der Waals surface area contributed by atoms with Gasteiger partial charge in [-0.1, -0.05) is 0 Å². The lowest BCUT2D eigenvalue weighted by atomic mass is 10.1. The number of aliphatic imine (C=N–C) groups is 1. The number of carboxylic acids is 1. The Bertz CT molecular complexity index is 473. The van der Waals surface area contributed by atoms with Crippen molar-refractivity contribution in [1.82, 2.24) is 4.98 Å². The van der Waals surface area contributed by atoms with E-state index >= 15 is 0 Å². The molecule has 1 atom stereocenters. The molecule has 1 aliphatic rings. The number of hydrogen-bond acceptors (Lipinski definition) is 4. The molecule has 84 valence electrons. The highest BCUT2D eigenvalue weighted by Gasteiger charge is 2.26. The van der Waals surface area contributed by atoms with Gasteiger partial charge in [0.15, 0.2) is 0 Å². The maximum absolute atomic E-state index is 10.7. The van der Waals surface area contributed by atoms with E-state index < -0.39 is 12.0 Å². The van der Waals surface area contributed by atoms with E-state index in [9.17, 15) is 9.90 Å². The zero-order chi connectivity index (χ0) is 11.7. The third kappa shape index (κ3) is 1.92. The molecule has 0 spiro atoms. The number of rotatable bonds is 2. The van der Waals surface area contributed by atoms with E-state index in [1.165, 1.54) is 12.4 Å². The van der Waals surface area contributed by atoms with Crippen molar-refractivity contribution in [2.45, 2.75) is 18.9 Å². The van der Waals surface area contributed by atoms with Gasteiger partial charge >= 0.3 is 5.97 Å². The van der Waals surface area contributed by atoms with Crippen molar-refractivity contribution in [1.29, 1.82) is 0 Å². The highest BCUT2D eigenvalue weighted by atomic mass is 79.9. The summed E-state index contributed by atoms with van der Waals surface area (Å²) in [6, 6.07) is -0.701. The average Bonchev–Trinajstić information content (AvgIpc) is 2.71. The highest BCUT2D eigenvalue weighted by molar-refractivity contribution is 9.10. The van der Waals surface area contributed by atoms with Crippen molar-refractivity contribution in [3.8, 4) is 5.75 Å². The summed E-state index contributed by atoms with van der Waals surface area (Å²) in [7, 11) is 0. The molecular weight excluding hydrogens is 276 g/mol. The first-order valence-electron chi connectivity index (χ1n) is 4.72. The van der Waals surface area contributed by atoms with Crippen molar-refractivity contribution in [2.24, 2.45) is 4.99 Å². The fourth-order valence-electron chi connectivity index (χ4n) is 1.61. The van der Waals surface area contributed by atoms with Crippen LogP contribution in [0.25, 0.3) is 0 Å². The van der Waals surface area contributed by atoms with Crippen LogP contribution in [0.3, 0.4) is 0 Å². The van der Waals surface area contributed by atoms with E-state index in [-0.39, 0.29) is 5.75 Å². The Hall–Kier alpha value is -1.43. The van der Waals surface area contributed by atoms with Crippen LogP contribution >= 0.6 is 15.9 Å². The summed E-state index contributed by atoms with van der Waals surface area (Å²) in [6.07, 6.45) is 3.98. The Morgan fingerprint density at radius 3 is 2.88 bits per heavy atom. The van der Waals surface area contributed by atoms with E-state index in [1.54, 1.807) is 0 Å². The van der Waals surface area contributed by atoms with E-state index in [1.807, 2.05) is 0 Å². The third-order valence-corrected chi connectivity index (χ3v) is 3.02. The molecule has 2 rings (SSSR count). The van der Waals surface area contributed by atoms with Crippen LogP contribution in [-0.2, 0) is 4.79 Å². The predicted molar refractivity (Wildman–Crippen MR) is 60.8 cm³/mol. The monoisotopic (exact) mass is 284 g/mol.